The first kappa shape index (κ1) is 25.8. The van der Waals surface area contributed by atoms with Gasteiger partial charge in [0.15, 0.2) is 0 Å². The second-order valence-electron chi connectivity index (χ2n) is 6.39. The van der Waals surface area contributed by atoms with Gasteiger partial charge in [-0.1, -0.05) is 13.8 Å². The molecule has 3 aromatic rings. The van der Waals surface area contributed by atoms with E-state index >= 15 is 8.78 Å². The van der Waals surface area contributed by atoms with Crippen LogP contribution in [0.3, 0.4) is 0 Å². The molecule has 0 spiro atoms. The lowest BCUT2D eigenvalue weighted by Gasteiger charge is -2.35. The zero-order valence-electron chi connectivity index (χ0n) is 18.2. The van der Waals surface area contributed by atoms with Gasteiger partial charge in [0.1, 0.15) is 28.8 Å². The molecule has 33 heavy (non-hydrogen) atoms. The number of nitriles is 1. The summed E-state index contributed by atoms with van der Waals surface area (Å²) in [4.78, 5) is 3.64. The molecular weight excluding hydrogens is 440 g/mol. The summed E-state index contributed by atoms with van der Waals surface area (Å²) < 4.78 is 68.2. The van der Waals surface area contributed by atoms with E-state index < -0.39 is 34.6 Å². The van der Waals surface area contributed by atoms with Crippen LogP contribution in [-0.2, 0) is 16.4 Å². The van der Waals surface area contributed by atoms with Crippen molar-refractivity contribution in [2.24, 2.45) is 0 Å². The minimum absolute atomic E-state index is 0.108. The molecule has 0 bridgehead atoms. The number of benzene rings is 2. The van der Waals surface area contributed by atoms with Crippen LogP contribution in [-0.4, -0.2) is 16.7 Å². The van der Waals surface area contributed by atoms with Crippen molar-refractivity contribution in [3.63, 3.8) is 0 Å². The van der Waals surface area contributed by atoms with Crippen molar-refractivity contribution in [3.05, 3.63) is 89.2 Å². The molecule has 0 aliphatic carbocycles. The number of rotatable bonds is 7. The van der Waals surface area contributed by atoms with E-state index in [1.807, 2.05) is 19.9 Å². The Morgan fingerprint density at radius 3 is 2.15 bits per heavy atom. The van der Waals surface area contributed by atoms with E-state index in [2.05, 4.69) is 4.98 Å². The van der Waals surface area contributed by atoms with Gasteiger partial charge in [-0.15, -0.1) is 0 Å². The largest absolute Gasteiger partial charge is 0.456 e. The van der Waals surface area contributed by atoms with Gasteiger partial charge in [-0.3, -0.25) is 4.98 Å². The van der Waals surface area contributed by atoms with E-state index in [1.165, 1.54) is 37.3 Å². The summed E-state index contributed by atoms with van der Waals surface area (Å²) in [6.45, 7) is 4.95. The molecule has 5 nitrogen and oxygen atoms in total. The van der Waals surface area contributed by atoms with Gasteiger partial charge in [0.2, 0.25) is 0 Å². The van der Waals surface area contributed by atoms with Gasteiger partial charge in [0.25, 0.3) is 5.79 Å². The summed E-state index contributed by atoms with van der Waals surface area (Å²) in [5, 5.41) is 19.5. The summed E-state index contributed by atoms with van der Waals surface area (Å²) in [6.07, 6.45) is 0.995. The SMILES string of the molecule is CC.CCOC(O)(c1ccc(F)cc1F)C(F)(F)c1ccc(Oc2ccc(C#N)cc2)cn1. The Balaban J connectivity index is 0.00000187. The summed E-state index contributed by atoms with van der Waals surface area (Å²) in [7, 11) is 0. The number of alkyl halides is 2. The zero-order valence-corrected chi connectivity index (χ0v) is 18.2. The Labute approximate surface area is 188 Å². The fourth-order valence-corrected chi connectivity index (χ4v) is 2.84. The average Bonchev–Trinajstić information content (AvgIpc) is 2.81. The Bertz CT molecular complexity index is 1100. The van der Waals surface area contributed by atoms with Crippen LogP contribution in [0.1, 0.15) is 37.6 Å². The fourth-order valence-electron chi connectivity index (χ4n) is 2.84. The van der Waals surface area contributed by atoms with Gasteiger partial charge in [0.05, 0.1) is 23.4 Å². The van der Waals surface area contributed by atoms with Crippen molar-refractivity contribution < 1.29 is 32.1 Å². The summed E-state index contributed by atoms with van der Waals surface area (Å²) in [6, 6.07) is 11.9. The third-order valence-corrected chi connectivity index (χ3v) is 4.35. The molecule has 0 aliphatic rings. The Morgan fingerprint density at radius 1 is 1.00 bits per heavy atom. The van der Waals surface area contributed by atoms with E-state index in [0.29, 0.717) is 23.4 Å². The molecule has 1 unspecified atom stereocenters. The minimum atomic E-state index is -4.20. The lowest BCUT2D eigenvalue weighted by Crippen LogP contribution is -2.47. The maximum Gasteiger partial charge on any atom is 0.346 e. The maximum absolute atomic E-state index is 15.2. The van der Waals surface area contributed by atoms with E-state index in [4.69, 9.17) is 14.7 Å². The first-order chi connectivity index (χ1) is 15.7. The Kier molecular flexibility index (Phi) is 8.51. The van der Waals surface area contributed by atoms with Crippen LogP contribution in [0.5, 0.6) is 11.5 Å². The van der Waals surface area contributed by atoms with Crippen molar-refractivity contribution in [3.8, 4) is 17.6 Å². The number of ether oxygens (including phenoxy) is 2. The quantitative estimate of drug-likeness (QED) is 0.343. The standard InChI is InChI=1S/C22H16F4N2O3.C2H6/c1-2-30-22(29,18-9-5-15(23)11-19(18)24)21(25,26)20-10-8-17(13-28-20)31-16-6-3-14(12-27)4-7-16;1-2/h3-11,13,29H,2H2,1H3;1-2H3. The third kappa shape index (κ3) is 5.48. The van der Waals surface area contributed by atoms with Crippen LogP contribution in [0, 0.1) is 23.0 Å². The molecule has 174 valence electrons. The molecule has 2 aromatic carbocycles. The van der Waals surface area contributed by atoms with Crippen LogP contribution in [0.25, 0.3) is 0 Å². The smallest absolute Gasteiger partial charge is 0.346 e. The van der Waals surface area contributed by atoms with Crippen LogP contribution >= 0.6 is 0 Å². The molecule has 1 aromatic heterocycles. The first-order valence-corrected chi connectivity index (χ1v) is 10.1. The molecule has 0 saturated heterocycles. The van der Waals surface area contributed by atoms with Crippen LogP contribution in [0.15, 0.2) is 60.8 Å². The van der Waals surface area contributed by atoms with Gasteiger partial charge >= 0.3 is 5.92 Å². The summed E-state index contributed by atoms with van der Waals surface area (Å²) >= 11 is 0. The highest BCUT2D eigenvalue weighted by Crippen LogP contribution is 2.46. The lowest BCUT2D eigenvalue weighted by atomic mass is 9.95. The number of aromatic nitrogens is 1. The molecule has 0 radical (unpaired) electrons. The molecule has 0 aliphatic heterocycles. The number of hydrogen-bond acceptors (Lipinski definition) is 5. The monoisotopic (exact) mass is 462 g/mol. The molecule has 0 saturated carbocycles. The fraction of sp³-hybridized carbons (Fsp3) is 0.250. The normalized spacial score (nSPS) is 12.7. The van der Waals surface area contributed by atoms with Crippen molar-refractivity contribution in [2.75, 3.05) is 6.61 Å². The second kappa shape index (κ2) is 10.9. The highest BCUT2D eigenvalue weighted by atomic mass is 19.3. The molecule has 3 rings (SSSR count). The molecule has 0 amide bonds. The maximum atomic E-state index is 15.2. The summed E-state index contributed by atoms with van der Waals surface area (Å²) in [5.41, 5.74) is -1.43. The number of aliphatic hydroxyl groups is 1. The molecule has 1 atom stereocenters. The van der Waals surface area contributed by atoms with Crippen molar-refractivity contribution >= 4 is 0 Å². The van der Waals surface area contributed by atoms with Gasteiger partial charge in [0, 0.05) is 12.7 Å². The van der Waals surface area contributed by atoms with E-state index in [1.54, 1.807) is 0 Å². The predicted molar refractivity (Wildman–Crippen MR) is 113 cm³/mol. The number of pyridine rings is 1. The Hall–Kier alpha value is -3.48. The number of halogens is 4. The van der Waals surface area contributed by atoms with Crippen LogP contribution < -0.4 is 4.74 Å². The topological polar surface area (TPSA) is 75.4 Å². The predicted octanol–water partition coefficient (Wildman–Crippen LogP) is 6.02. The third-order valence-electron chi connectivity index (χ3n) is 4.35. The molecule has 1 N–H and O–H groups in total. The average molecular weight is 462 g/mol. The molecule has 0 fully saturated rings. The molecule has 9 heteroatoms. The van der Waals surface area contributed by atoms with Crippen molar-refractivity contribution in [1.82, 2.24) is 4.98 Å². The minimum Gasteiger partial charge on any atom is -0.456 e. The second-order valence-corrected chi connectivity index (χ2v) is 6.39. The zero-order chi connectivity index (χ0) is 24.6. The highest BCUT2D eigenvalue weighted by Gasteiger charge is 2.59. The highest BCUT2D eigenvalue weighted by molar-refractivity contribution is 5.37. The van der Waals surface area contributed by atoms with Gasteiger partial charge in [-0.2, -0.15) is 14.0 Å². The van der Waals surface area contributed by atoms with E-state index in [0.717, 1.165) is 18.3 Å². The van der Waals surface area contributed by atoms with Crippen molar-refractivity contribution in [1.29, 1.82) is 5.26 Å². The van der Waals surface area contributed by atoms with Gasteiger partial charge in [-0.25, -0.2) is 8.78 Å². The molecular formula is C24H22F4N2O3. The first-order valence-electron chi connectivity index (χ1n) is 10.1. The van der Waals surface area contributed by atoms with Gasteiger partial charge in [-0.05, 0) is 55.5 Å². The van der Waals surface area contributed by atoms with Gasteiger partial charge < -0.3 is 14.6 Å². The number of nitrogens with zero attached hydrogens (tertiary/aromatic N) is 2. The van der Waals surface area contributed by atoms with Crippen LogP contribution in [0.4, 0.5) is 17.6 Å². The van der Waals surface area contributed by atoms with E-state index in [9.17, 15) is 13.9 Å². The van der Waals surface area contributed by atoms with Crippen molar-refractivity contribution in [2.45, 2.75) is 32.5 Å². The lowest BCUT2D eigenvalue weighted by molar-refractivity contribution is -0.336. The number of hydrogen-bond donors (Lipinski definition) is 1. The Morgan fingerprint density at radius 2 is 1.64 bits per heavy atom. The summed E-state index contributed by atoms with van der Waals surface area (Å²) in [5.74, 6) is -9.56. The van der Waals surface area contributed by atoms with E-state index in [-0.39, 0.29) is 12.4 Å². The van der Waals surface area contributed by atoms with Crippen LogP contribution in [0.2, 0.25) is 0 Å². The molecule has 1 heterocycles.